The third kappa shape index (κ3) is 5.01. The molecule has 1 saturated heterocycles. The molecule has 0 radical (unpaired) electrons. The summed E-state index contributed by atoms with van der Waals surface area (Å²) in [7, 11) is -3.79. The van der Waals surface area contributed by atoms with Crippen LogP contribution in [-0.2, 0) is 14.6 Å². The number of hydrogen-bond acceptors (Lipinski definition) is 14. The number of pyridine rings is 1. The second-order valence-corrected chi connectivity index (χ2v) is 14.3. The quantitative estimate of drug-likeness (QED) is 0.261. The molecule has 1 fully saturated rings. The van der Waals surface area contributed by atoms with E-state index in [9.17, 15) is 13.2 Å². The SMILES string of the molecule is O=c1c(-c2ncc(S(=O)(=O)c3cncs3)s2)cc2cnc(Nc3ccc(C4CNCCO4)cc3)nc2n1-c1nccs1. The first-order chi connectivity index (χ1) is 20.5. The lowest BCUT2D eigenvalue weighted by Crippen LogP contribution is -2.33. The van der Waals surface area contributed by atoms with Crippen LogP contribution in [0.1, 0.15) is 11.7 Å². The zero-order valence-electron chi connectivity index (χ0n) is 21.5. The molecule has 0 aliphatic carbocycles. The third-order valence-corrected chi connectivity index (χ3v) is 11.7. The Bertz CT molecular complexity index is 2030. The normalized spacial score (nSPS) is 15.7. The van der Waals surface area contributed by atoms with Crippen molar-refractivity contribution in [2.45, 2.75) is 14.5 Å². The number of ether oxygens (including phenoxy) is 1. The first kappa shape index (κ1) is 26.9. The lowest BCUT2D eigenvalue weighted by molar-refractivity contribution is 0.0277. The Labute approximate surface area is 250 Å². The predicted molar refractivity (Wildman–Crippen MR) is 161 cm³/mol. The average molecular weight is 637 g/mol. The van der Waals surface area contributed by atoms with E-state index in [-0.39, 0.29) is 25.1 Å². The fraction of sp³-hybridized carbons (Fsp3) is 0.154. The highest BCUT2D eigenvalue weighted by atomic mass is 32.3. The fourth-order valence-electron chi connectivity index (χ4n) is 4.45. The van der Waals surface area contributed by atoms with Crippen molar-refractivity contribution >= 4 is 66.5 Å². The predicted octanol–water partition coefficient (Wildman–Crippen LogP) is 4.05. The van der Waals surface area contributed by atoms with Gasteiger partial charge in [-0.2, -0.15) is 4.98 Å². The van der Waals surface area contributed by atoms with Crippen LogP contribution in [0.5, 0.6) is 0 Å². The van der Waals surface area contributed by atoms with Crippen LogP contribution in [0, 0.1) is 0 Å². The Balaban J connectivity index is 1.26. The van der Waals surface area contributed by atoms with E-state index >= 15 is 0 Å². The highest BCUT2D eigenvalue weighted by Crippen LogP contribution is 2.33. The topological polar surface area (TPSA) is 154 Å². The first-order valence-electron chi connectivity index (χ1n) is 12.6. The van der Waals surface area contributed by atoms with Crippen LogP contribution in [0.2, 0.25) is 0 Å². The summed E-state index contributed by atoms with van der Waals surface area (Å²) in [5.74, 6) is 0.301. The maximum absolute atomic E-state index is 13.9. The van der Waals surface area contributed by atoms with Crippen LogP contribution < -0.4 is 16.2 Å². The zero-order valence-corrected chi connectivity index (χ0v) is 24.8. The van der Waals surface area contributed by atoms with Gasteiger partial charge in [-0.3, -0.25) is 9.78 Å². The smallest absolute Gasteiger partial charge is 0.268 e. The molecule has 1 unspecified atom stereocenters. The number of thiazole rings is 3. The minimum absolute atomic E-state index is 0.00775. The van der Waals surface area contributed by atoms with Crippen LogP contribution in [0.3, 0.4) is 0 Å². The van der Waals surface area contributed by atoms with Gasteiger partial charge in [0.1, 0.15) is 13.4 Å². The van der Waals surface area contributed by atoms with E-state index in [2.05, 4.69) is 35.6 Å². The molecule has 7 rings (SSSR count). The first-order valence-corrected chi connectivity index (χ1v) is 16.6. The molecule has 0 bridgehead atoms. The molecule has 0 spiro atoms. The molecule has 0 amide bonds. The zero-order chi connectivity index (χ0) is 28.7. The van der Waals surface area contributed by atoms with E-state index < -0.39 is 15.4 Å². The van der Waals surface area contributed by atoms with Crippen molar-refractivity contribution in [3.05, 3.63) is 81.9 Å². The van der Waals surface area contributed by atoms with Gasteiger partial charge in [-0.1, -0.05) is 12.1 Å². The number of anilines is 2. The van der Waals surface area contributed by atoms with Crippen molar-refractivity contribution in [1.29, 1.82) is 0 Å². The van der Waals surface area contributed by atoms with Crippen LogP contribution >= 0.6 is 34.0 Å². The Morgan fingerprint density at radius 3 is 2.67 bits per heavy atom. The molecule has 1 aliphatic rings. The molecule has 212 valence electrons. The van der Waals surface area contributed by atoms with E-state index in [1.54, 1.807) is 23.8 Å². The number of sulfone groups is 1. The van der Waals surface area contributed by atoms with E-state index in [4.69, 9.17) is 4.74 Å². The molecule has 0 saturated carbocycles. The van der Waals surface area contributed by atoms with Crippen molar-refractivity contribution < 1.29 is 13.2 Å². The fourth-order valence-corrected chi connectivity index (χ4v) is 8.69. The van der Waals surface area contributed by atoms with Crippen LogP contribution in [0.25, 0.3) is 26.7 Å². The highest BCUT2D eigenvalue weighted by Gasteiger charge is 2.25. The van der Waals surface area contributed by atoms with Crippen LogP contribution in [-0.4, -0.2) is 57.6 Å². The van der Waals surface area contributed by atoms with Crippen molar-refractivity contribution in [1.82, 2.24) is 34.8 Å². The number of benzene rings is 1. The molecule has 42 heavy (non-hydrogen) atoms. The van der Waals surface area contributed by atoms with Crippen molar-refractivity contribution in [2.24, 2.45) is 0 Å². The highest BCUT2D eigenvalue weighted by molar-refractivity contribution is 7.95. The third-order valence-electron chi connectivity index (χ3n) is 6.47. The summed E-state index contributed by atoms with van der Waals surface area (Å²) >= 11 is 3.22. The van der Waals surface area contributed by atoms with Gasteiger partial charge in [0.2, 0.25) is 15.8 Å². The average Bonchev–Trinajstić information content (AvgIpc) is 3.81. The summed E-state index contributed by atoms with van der Waals surface area (Å²) < 4.78 is 33.3. The van der Waals surface area contributed by atoms with Gasteiger partial charge in [0.05, 0.1) is 36.2 Å². The molecular weight excluding hydrogens is 617 g/mol. The second-order valence-electron chi connectivity index (χ2n) is 9.10. The van der Waals surface area contributed by atoms with Crippen molar-refractivity contribution in [3.8, 4) is 15.7 Å². The van der Waals surface area contributed by atoms with Gasteiger partial charge in [0.25, 0.3) is 5.56 Å². The molecular formula is C26H20N8O4S4. The second kappa shape index (κ2) is 11.0. The summed E-state index contributed by atoms with van der Waals surface area (Å²) in [6.45, 7) is 2.29. The van der Waals surface area contributed by atoms with E-state index in [0.29, 0.717) is 28.7 Å². The number of hydrogen-bond donors (Lipinski definition) is 2. The van der Waals surface area contributed by atoms with E-state index in [1.807, 2.05) is 24.3 Å². The molecule has 2 N–H and O–H groups in total. The Morgan fingerprint density at radius 1 is 1.05 bits per heavy atom. The standard InChI is InChI=1S/C26H20N8O4S4/c35-24-18(23-30-13-21(41-23)42(36,37)20-12-28-14-40-20)9-16-10-31-25(33-22(16)34(24)26-29-6-8-39-26)32-17-3-1-15(2-4-17)19-11-27-5-7-38-19/h1-4,6,8-10,12-14,19,27H,5,7,11H2,(H,31,32,33). The molecule has 1 aromatic carbocycles. The Morgan fingerprint density at radius 2 is 1.93 bits per heavy atom. The van der Waals surface area contributed by atoms with Gasteiger partial charge in [-0.15, -0.1) is 34.0 Å². The number of nitrogens with zero attached hydrogens (tertiary/aromatic N) is 6. The largest absolute Gasteiger partial charge is 0.371 e. The number of morpholine rings is 1. The lowest BCUT2D eigenvalue weighted by atomic mass is 10.1. The minimum Gasteiger partial charge on any atom is -0.371 e. The van der Waals surface area contributed by atoms with Gasteiger partial charge < -0.3 is 15.4 Å². The van der Waals surface area contributed by atoms with Gasteiger partial charge in [-0.25, -0.2) is 27.9 Å². The van der Waals surface area contributed by atoms with Crippen LogP contribution in [0.4, 0.5) is 11.6 Å². The molecule has 6 heterocycles. The maximum atomic E-state index is 13.9. The lowest BCUT2D eigenvalue weighted by Gasteiger charge is -2.24. The summed E-state index contributed by atoms with van der Waals surface area (Å²) in [6, 6.07) is 9.48. The molecule has 6 aromatic rings. The number of aromatic nitrogens is 6. The van der Waals surface area contributed by atoms with Gasteiger partial charge in [0.15, 0.2) is 10.8 Å². The van der Waals surface area contributed by atoms with Gasteiger partial charge in [0, 0.05) is 41.9 Å². The monoisotopic (exact) mass is 636 g/mol. The molecule has 1 atom stereocenters. The molecule has 12 nitrogen and oxygen atoms in total. The summed E-state index contributed by atoms with van der Waals surface area (Å²) in [5, 5.41) is 9.53. The van der Waals surface area contributed by atoms with Crippen molar-refractivity contribution in [2.75, 3.05) is 25.0 Å². The Hall–Kier alpha value is -3.93. The Kier molecular flexibility index (Phi) is 7.09. The van der Waals surface area contributed by atoms with E-state index in [1.165, 1.54) is 33.8 Å². The van der Waals surface area contributed by atoms with Crippen molar-refractivity contribution in [3.63, 3.8) is 0 Å². The minimum atomic E-state index is -3.79. The molecule has 5 aromatic heterocycles. The van der Waals surface area contributed by atoms with Gasteiger partial charge in [-0.05, 0) is 23.8 Å². The number of rotatable bonds is 7. The van der Waals surface area contributed by atoms with Gasteiger partial charge >= 0.3 is 0 Å². The molecule has 16 heteroatoms. The summed E-state index contributed by atoms with van der Waals surface area (Å²) in [6.07, 6.45) is 5.77. The maximum Gasteiger partial charge on any atom is 0.268 e. The van der Waals surface area contributed by atoms with E-state index in [0.717, 1.165) is 47.0 Å². The number of nitrogens with one attached hydrogen (secondary N) is 2. The molecule has 1 aliphatic heterocycles. The van der Waals surface area contributed by atoms with Crippen LogP contribution in [0.15, 0.2) is 79.2 Å². The summed E-state index contributed by atoms with van der Waals surface area (Å²) in [5.41, 5.74) is 3.44. The number of fused-ring (bicyclic) bond motifs is 1. The summed E-state index contributed by atoms with van der Waals surface area (Å²) in [4.78, 5) is 35.5.